The van der Waals surface area contributed by atoms with Crippen molar-refractivity contribution in [2.24, 2.45) is 0 Å². The maximum Gasteiger partial charge on any atom is 0.258 e. The number of allylic oxidation sites excluding steroid dienone is 1. The van der Waals surface area contributed by atoms with E-state index >= 15 is 0 Å². The van der Waals surface area contributed by atoms with E-state index in [0.29, 0.717) is 23.4 Å². The maximum atomic E-state index is 13.5. The first-order valence-corrected chi connectivity index (χ1v) is 10.5. The number of benzene rings is 2. The Morgan fingerprint density at radius 3 is 2.55 bits per heavy atom. The molecule has 4 rings (SSSR count). The molecule has 7 heteroatoms. The predicted octanol–water partition coefficient (Wildman–Crippen LogP) is 5.29. The van der Waals surface area contributed by atoms with Crippen LogP contribution in [0.2, 0.25) is 0 Å². The Balaban J connectivity index is 1.78. The Morgan fingerprint density at radius 2 is 1.90 bits per heavy atom. The lowest BCUT2D eigenvalue weighted by Gasteiger charge is -2.36. The van der Waals surface area contributed by atoms with Gasteiger partial charge in [0.15, 0.2) is 5.11 Å². The van der Waals surface area contributed by atoms with E-state index in [4.69, 9.17) is 16.7 Å². The quantitative estimate of drug-likeness (QED) is 0.420. The number of aromatic nitrogens is 2. The number of halogens is 1. The molecule has 3 aromatic rings. The van der Waals surface area contributed by atoms with Crippen LogP contribution in [0.4, 0.5) is 4.39 Å². The van der Waals surface area contributed by atoms with Crippen LogP contribution in [0.15, 0.2) is 71.4 Å². The Kier molecular flexibility index (Phi) is 5.95. The van der Waals surface area contributed by atoms with Crippen molar-refractivity contribution in [2.45, 2.75) is 26.3 Å². The largest absolute Gasteiger partial charge is 0.351 e. The van der Waals surface area contributed by atoms with Gasteiger partial charge in [0.05, 0.1) is 11.6 Å². The number of rotatable bonds is 6. The summed E-state index contributed by atoms with van der Waals surface area (Å²) in [6.45, 7) is 8.43. The standard InChI is InChI=1S/C24H23FN4OS/c1-4-14-29-15(3)20(21(26-24(29)31)17-10-12-19(25)13-11-17)23-27-22(28-30-23)18-8-6-16(5-2)7-9-18/h4,6-13,21H,1,5,14H2,2-3H3,(H,26,31). The molecule has 1 unspecified atom stereocenters. The molecule has 2 aromatic carbocycles. The molecule has 1 aliphatic rings. The molecule has 0 fully saturated rings. The third kappa shape index (κ3) is 4.14. The fourth-order valence-corrected chi connectivity index (χ4v) is 3.98. The molecule has 1 atom stereocenters. The highest BCUT2D eigenvalue weighted by atomic mass is 32.1. The van der Waals surface area contributed by atoms with Crippen molar-refractivity contribution in [3.8, 4) is 11.4 Å². The van der Waals surface area contributed by atoms with Gasteiger partial charge in [-0.05, 0) is 48.8 Å². The third-order valence-electron chi connectivity index (χ3n) is 5.39. The van der Waals surface area contributed by atoms with Crippen molar-refractivity contribution in [2.75, 3.05) is 6.54 Å². The average Bonchev–Trinajstić information content (AvgIpc) is 3.26. The average molecular weight is 435 g/mol. The van der Waals surface area contributed by atoms with Crippen LogP contribution in [0, 0.1) is 5.82 Å². The van der Waals surface area contributed by atoms with E-state index in [1.54, 1.807) is 18.2 Å². The topological polar surface area (TPSA) is 54.2 Å². The SMILES string of the molecule is C=CCN1C(=S)NC(c2ccc(F)cc2)C(c2nc(-c3ccc(CC)cc3)no2)=C1C. The lowest BCUT2D eigenvalue weighted by atomic mass is 9.95. The van der Waals surface area contributed by atoms with E-state index in [1.807, 2.05) is 24.0 Å². The van der Waals surface area contributed by atoms with E-state index in [-0.39, 0.29) is 11.9 Å². The molecule has 2 heterocycles. The highest BCUT2D eigenvalue weighted by Crippen LogP contribution is 2.37. The van der Waals surface area contributed by atoms with Crippen LogP contribution >= 0.6 is 12.2 Å². The number of hydrogen-bond donors (Lipinski definition) is 1. The number of nitrogens with one attached hydrogen (secondary N) is 1. The summed E-state index contributed by atoms with van der Waals surface area (Å²) in [6, 6.07) is 14.1. The fourth-order valence-electron chi connectivity index (χ4n) is 3.65. The first-order valence-electron chi connectivity index (χ1n) is 10.1. The number of aryl methyl sites for hydroxylation is 1. The summed E-state index contributed by atoms with van der Waals surface area (Å²) < 4.78 is 19.2. The highest BCUT2D eigenvalue weighted by molar-refractivity contribution is 7.80. The van der Waals surface area contributed by atoms with Crippen LogP contribution in [0.25, 0.3) is 17.0 Å². The molecule has 1 aromatic heterocycles. The molecule has 0 bridgehead atoms. The number of hydrogen-bond acceptors (Lipinski definition) is 4. The van der Waals surface area contributed by atoms with Gasteiger partial charge in [0.25, 0.3) is 5.89 Å². The zero-order valence-electron chi connectivity index (χ0n) is 17.4. The van der Waals surface area contributed by atoms with Crippen LogP contribution < -0.4 is 5.32 Å². The van der Waals surface area contributed by atoms with Crippen molar-refractivity contribution in [3.63, 3.8) is 0 Å². The van der Waals surface area contributed by atoms with E-state index in [9.17, 15) is 4.39 Å². The molecule has 0 saturated heterocycles. The minimum Gasteiger partial charge on any atom is -0.351 e. The Hall–Kier alpha value is -3.32. The van der Waals surface area contributed by atoms with Crippen molar-refractivity contribution < 1.29 is 8.91 Å². The van der Waals surface area contributed by atoms with Gasteiger partial charge in [-0.15, -0.1) is 6.58 Å². The van der Waals surface area contributed by atoms with Gasteiger partial charge >= 0.3 is 0 Å². The lowest BCUT2D eigenvalue weighted by Crippen LogP contribution is -2.45. The number of thiocarbonyl (C=S) groups is 1. The molecular formula is C24H23FN4OS. The van der Waals surface area contributed by atoms with Crippen LogP contribution in [0.5, 0.6) is 0 Å². The first kappa shape index (κ1) is 20.9. The second-order valence-electron chi connectivity index (χ2n) is 7.31. The van der Waals surface area contributed by atoms with E-state index in [2.05, 4.69) is 41.1 Å². The maximum absolute atomic E-state index is 13.5. The summed E-state index contributed by atoms with van der Waals surface area (Å²) in [5.74, 6) is 0.609. The van der Waals surface area contributed by atoms with Crippen LogP contribution in [-0.2, 0) is 6.42 Å². The van der Waals surface area contributed by atoms with Crippen LogP contribution in [0.1, 0.15) is 36.9 Å². The molecule has 0 aliphatic carbocycles. The van der Waals surface area contributed by atoms with E-state index in [0.717, 1.165) is 28.8 Å². The molecule has 0 amide bonds. The molecule has 0 radical (unpaired) electrons. The normalized spacial score (nSPS) is 16.4. The van der Waals surface area contributed by atoms with Crippen LogP contribution in [0.3, 0.4) is 0 Å². The van der Waals surface area contributed by atoms with Crippen molar-refractivity contribution in [1.29, 1.82) is 0 Å². The van der Waals surface area contributed by atoms with Gasteiger partial charge in [-0.3, -0.25) is 0 Å². The summed E-state index contributed by atoms with van der Waals surface area (Å²) in [5, 5.41) is 8.10. The Labute approximate surface area is 186 Å². The van der Waals surface area contributed by atoms with Gasteiger partial charge in [-0.1, -0.05) is 54.6 Å². The van der Waals surface area contributed by atoms with Crippen molar-refractivity contribution in [1.82, 2.24) is 20.4 Å². The molecule has 5 nitrogen and oxygen atoms in total. The summed E-state index contributed by atoms with van der Waals surface area (Å²) in [6.07, 6.45) is 2.75. The smallest absolute Gasteiger partial charge is 0.258 e. The molecule has 31 heavy (non-hydrogen) atoms. The van der Waals surface area contributed by atoms with Gasteiger partial charge in [-0.2, -0.15) is 4.98 Å². The Morgan fingerprint density at radius 1 is 1.19 bits per heavy atom. The predicted molar refractivity (Wildman–Crippen MR) is 123 cm³/mol. The van der Waals surface area contributed by atoms with Gasteiger partial charge in [0, 0.05) is 17.8 Å². The summed E-state index contributed by atoms with van der Waals surface area (Å²) in [5.41, 5.74) is 4.65. The summed E-state index contributed by atoms with van der Waals surface area (Å²) in [4.78, 5) is 6.61. The lowest BCUT2D eigenvalue weighted by molar-refractivity contribution is 0.399. The highest BCUT2D eigenvalue weighted by Gasteiger charge is 2.33. The molecule has 0 saturated carbocycles. The molecule has 0 spiro atoms. The molecule has 1 N–H and O–H groups in total. The minimum atomic E-state index is -0.343. The van der Waals surface area contributed by atoms with Crippen molar-refractivity contribution >= 4 is 22.9 Å². The third-order valence-corrected chi connectivity index (χ3v) is 5.73. The first-order chi connectivity index (χ1) is 15.0. The van der Waals surface area contributed by atoms with Gasteiger partial charge in [-0.25, -0.2) is 4.39 Å². The summed E-state index contributed by atoms with van der Waals surface area (Å²) in [7, 11) is 0. The van der Waals surface area contributed by atoms with Crippen LogP contribution in [-0.4, -0.2) is 26.7 Å². The van der Waals surface area contributed by atoms with Gasteiger partial charge in [0.2, 0.25) is 5.82 Å². The second-order valence-corrected chi connectivity index (χ2v) is 7.69. The molecule has 158 valence electrons. The van der Waals surface area contributed by atoms with Gasteiger partial charge in [0.1, 0.15) is 5.82 Å². The fraction of sp³-hybridized carbons (Fsp3) is 0.208. The monoisotopic (exact) mass is 434 g/mol. The minimum absolute atomic E-state index is 0.298. The zero-order valence-corrected chi connectivity index (χ0v) is 18.2. The second kappa shape index (κ2) is 8.81. The zero-order chi connectivity index (χ0) is 22.0. The van der Waals surface area contributed by atoms with Crippen molar-refractivity contribution in [3.05, 3.63) is 89.7 Å². The number of nitrogens with zero attached hydrogens (tertiary/aromatic N) is 3. The molecular weight excluding hydrogens is 411 g/mol. The van der Waals surface area contributed by atoms with E-state index < -0.39 is 0 Å². The van der Waals surface area contributed by atoms with E-state index in [1.165, 1.54) is 17.7 Å². The van der Waals surface area contributed by atoms with Gasteiger partial charge < -0.3 is 14.7 Å². The Bertz CT molecular complexity index is 1140. The summed E-state index contributed by atoms with van der Waals surface area (Å²) >= 11 is 5.57. The molecule has 1 aliphatic heterocycles.